The van der Waals surface area contributed by atoms with Crippen LogP contribution >= 0.6 is 0 Å². The predicted octanol–water partition coefficient (Wildman–Crippen LogP) is 2.79. The van der Waals surface area contributed by atoms with Crippen molar-refractivity contribution in [2.24, 2.45) is 0 Å². The first-order chi connectivity index (χ1) is 7.59. The van der Waals surface area contributed by atoms with Crippen LogP contribution in [-0.4, -0.2) is 15.6 Å². The van der Waals surface area contributed by atoms with Crippen LogP contribution in [0, 0.1) is 13.8 Å². The maximum Gasteiger partial charge on any atom is 0.335 e. The van der Waals surface area contributed by atoms with Crippen molar-refractivity contribution in [1.82, 2.24) is 4.57 Å². The molecule has 0 aliphatic carbocycles. The minimum atomic E-state index is -0.875. The van der Waals surface area contributed by atoms with Gasteiger partial charge < -0.3 is 9.67 Å². The summed E-state index contributed by atoms with van der Waals surface area (Å²) in [6, 6.07) is 7.51. The number of hydrogen-bond donors (Lipinski definition) is 1. The molecule has 0 spiro atoms. The van der Waals surface area contributed by atoms with E-state index in [0.29, 0.717) is 5.56 Å². The van der Waals surface area contributed by atoms with Gasteiger partial charge in [-0.3, -0.25) is 0 Å². The number of nitrogens with zero attached hydrogens (tertiary/aromatic N) is 1. The molecule has 82 valence electrons. The summed E-state index contributed by atoms with van der Waals surface area (Å²) >= 11 is 0. The van der Waals surface area contributed by atoms with Gasteiger partial charge in [0.05, 0.1) is 5.56 Å². The molecule has 0 unspecified atom stereocenters. The average molecular weight is 215 g/mol. The minimum Gasteiger partial charge on any atom is -0.478 e. The molecule has 0 fully saturated rings. The molecule has 0 amide bonds. The van der Waals surface area contributed by atoms with Gasteiger partial charge in [-0.1, -0.05) is 0 Å². The van der Waals surface area contributed by atoms with Crippen molar-refractivity contribution in [2.75, 3.05) is 0 Å². The van der Waals surface area contributed by atoms with E-state index in [2.05, 4.69) is 0 Å². The summed E-state index contributed by atoms with van der Waals surface area (Å²) in [7, 11) is 0. The number of benzene rings is 1. The molecule has 16 heavy (non-hydrogen) atoms. The topological polar surface area (TPSA) is 42.2 Å². The van der Waals surface area contributed by atoms with Crippen LogP contribution in [0.2, 0.25) is 0 Å². The molecule has 3 nitrogen and oxygen atoms in total. The molecule has 1 heterocycles. The van der Waals surface area contributed by atoms with Crippen LogP contribution in [0.5, 0.6) is 0 Å². The van der Waals surface area contributed by atoms with Gasteiger partial charge in [0, 0.05) is 18.1 Å². The van der Waals surface area contributed by atoms with Gasteiger partial charge in [-0.15, -0.1) is 0 Å². The number of carboxylic acids is 1. The Hall–Kier alpha value is -2.03. The monoisotopic (exact) mass is 215 g/mol. The maximum absolute atomic E-state index is 11.0. The zero-order valence-corrected chi connectivity index (χ0v) is 9.27. The molecule has 0 aliphatic heterocycles. The SMILES string of the molecule is Cc1cc(-n2cccc2)c(C)cc1C(=O)O. The maximum atomic E-state index is 11.0. The number of rotatable bonds is 2. The Labute approximate surface area is 94.0 Å². The molecule has 2 rings (SSSR count). The lowest BCUT2D eigenvalue weighted by molar-refractivity contribution is 0.0696. The lowest BCUT2D eigenvalue weighted by Gasteiger charge is -2.10. The fourth-order valence-corrected chi connectivity index (χ4v) is 1.80. The second kappa shape index (κ2) is 3.85. The number of carboxylic acid groups (broad SMARTS) is 1. The molecule has 1 aromatic carbocycles. The highest BCUT2D eigenvalue weighted by Gasteiger charge is 2.10. The summed E-state index contributed by atoms with van der Waals surface area (Å²) in [6.07, 6.45) is 3.89. The average Bonchev–Trinajstić information content (AvgIpc) is 2.73. The van der Waals surface area contributed by atoms with Crippen molar-refractivity contribution < 1.29 is 9.90 Å². The lowest BCUT2D eigenvalue weighted by atomic mass is 10.0. The van der Waals surface area contributed by atoms with Crippen molar-refractivity contribution in [3.05, 3.63) is 53.3 Å². The van der Waals surface area contributed by atoms with Gasteiger partial charge >= 0.3 is 5.97 Å². The summed E-state index contributed by atoms with van der Waals surface area (Å²) in [4.78, 5) is 11.0. The summed E-state index contributed by atoms with van der Waals surface area (Å²) in [5.74, 6) is -0.875. The molecule has 0 saturated heterocycles. The zero-order chi connectivity index (χ0) is 11.7. The number of aromatic nitrogens is 1. The first-order valence-corrected chi connectivity index (χ1v) is 5.07. The van der Waals surface area contributed by atoms with Gasteiger partial charge in [0.15, 0.2) is 0 Å². The Kier molecular flexibility index (Phi) is 2.52. The van der Waals surface area contributed by atoms with Gasteiger partial charge in [-0.05, 0) is 49.2 Å². The van der Waals surface area contributed by atoms with Crippen LogP contribution in [0.25, 0.3) is 5.69 Å². The normalized spacial score (nSPS) is 10.4. The Morgan fingerprint density at radius 2 is 1.75 bits per heavy atom. The van der Waals surface area contributed by atoms with Crippen LogP contribution in [0.15, 0.2) is 36.7 Å². The minimum absolute atomic E-state index is 0.369. The standard InChI is InChI=1S/C13H13NO2/c1-9-8-12(14-5-3-4-6-14)10(2)7-11(9)13(15)16/h3-8H,1-2H3,(H,15,16). The Morgan fingerprint density at radius 1 is 1.12 bits per heavy atom. The highest BCUT2D eigenvalue weighted by Crippen LogP contribution is 2.19. The second-order valence-electron chi connectivity index (χ2n) is 3.85. The number of aromatic carboxylic acids is 1. The van der Waals surface area contributed by atoms with Gasteiger partial charge in [0.25, 0.3) is 0 Å². The van der Waals surface area contributed by atoms with Gasteiger partial charge in [0.1, 0.15) is 0 Å². The van der Waals surface area contributed by atoms with Gasteiger partial charge in [-0.25, -0.2) is 4.79 Å². The number of aryl methyl sites for hydroxylation is 2. The van der Waals surface area contributed by atoms with Crippen molar-refractivity contribution >= 4 is 5.97 Å². The van der Waals surface area contributed by atoms with Crippen molar-refractivity contribution in [1.29, 1.82) is 0 Å². The van der Waals surface area contributed by atoms with E-state index in [1.807, 2.05) is 49.0 Å². The molecule has 0 radical (unpaired) electrons. The Bertz CT molecular complexity index is 527. The van der Waals surface area contributed by atoms with E-state index in [9.17, 15) is 4.79 Å². The van der Waals surface area contributed by atoms with E-state index in [-0.39, 0.29) is 0 Å². The van der Waals surface area contributed by atoms with E-state index in [1.165, 1.54) is 0 Å². The molecule has 1 aromatic heterocycles. The van der Waals surface area contributed by atoms with E-state index < -0.39 is 5.97 Å². The van der Waals surface area contributed by atoms with E-state index in [1.54, 1.807) is 6.07 Å². The number of hydrogen-bond acceptors (Lipinski definition) is 1. The molecule has 0 atom stereocenters. The molecule has 3 heteroatoms. The largest absolute Gasteiger partial charge is 0.478 e. The van der Waals surface area contributed by atoms with E-state index in [0.717, 1.165) is 16.8 Å². The second-order valence-corrected chi connectivity index (χ2v) is 3.85. The molecular formula is C13H13NO2. The fraction of sp³-hybridized carbons (Fsp3) is 0.154. The number of carbonyl (C=O) groups is 1. The summed E-state index contributed by atoms with van der Waals surface area (Å²) in [5, 5.41) is 9.00. The third kappa shape index (κ3) is 1.72. The Morgan fingerprint density at radius 3 is 2.31 bits per heavy atom. The van der Waals surface area contributed by atoms with Crippen molar-refractivity contribution in [2.45, 2.75) is 13.8 Å². The molecule has 1 N–H and O–H groups in total. The van der Waals surface area contributed by atoms with Gasteiger partial charge in [-0.2, -0.15) is 0 Å². The molecule has 0 bridgehead atoms. The fourth-order valence-electron chi connectivity index (χ4n) is 1.80. The molecule has 0 saturated carbocycles. The summed E-state index contributed by atoms with van der Waals surface area (Å²) in [5.41, 5.74) is 3.13. The first-order valence-electron chi connectivity index (χ1n) is 5.07. The quantitative estimate of drug-likeness (QED) is 0.837. The van der Waals surface area contributed by atoms with Crippen LogP contribution < -0.4 is 0 Å². The summed E-state index contributed by atoms with van der Waals surface area (Å²) < 4.78 is 1.98. The highest BCUT2D eigenvalue weighted by molar-refractivity contribution is 5.90. The van der Waals surface area contributed by atoms with Crippen LogP contribution in [0.3, 0.4) is 0 Å². The molecular weight excluding hydrogens is 202 g/mol. The van der Waals surface area contributed by atoms with Gasteiger partial charge in [0.2, 0.25) is 0 Å². The predicted molar refractivity (Wildman–Crippen MR) is 62.2 cm³/mol. The van der Waals surface area contributed by atoms with E-state index in [4.69, 9.17) is 5.11 Å². The van der Waals surface area contributed by atoms with Crippen LogP contribution in [0.1, 0.15) is 21.5 Å². The van der Waals surface area contributed by atoms with Crippen LogP contribution in [0.4, 0.5) is 0 Å². The van der Waals surface area contributed by atoms with Crippen LogP contribution in [-0.2, 0) is 0 Å². The molecule has 2 aromatic rings. The molecule has 0 aliphatic rings. The third-order valence-corrected chi connectivity index (χ3v) is 2.66. The highest BCUT2D eigenvalue weighted by atomic mass is 16.4. The van der Waals surface area contributed by atoms with E-state index >= 15 is 0 Å². The Balaban J connectivity index is 2.59. The smallest absolute Gasteiger partial charge is 0.335 e. The van der Waals surface area contributed by atoms with Crippen molar-refractivity contribution in [3.8, 4) is 5.69 Å². The third-order valence-electron chi connectivity index (χ3n) is 2.66. The van der Waals surface area contributed by atoms with Crippen molar-refractivity contribution in [3.63, 3.8) is 0 Å². The first kappa shape index (κ1) is 10.5. The summed E-state index contributed by atoms with van der Waals surface area (Å²) in [6.45, 7) is 3.73. The lowest BCUT2D eigenvalue weighted by Crippen LogP contribution is -2.03. The zero-order valence-electron chi connectivity index (χ0n) is 9.27.